The molecule has 6 nitrogen and oxygen atoms in total. The molecule has 2 aromatic heterocycles. The second-order valence-corrected chi connectivity index (χ2v) is 4.98. The summed E-state index contributed by atoms with van der Waals surface area (Å²) < 4.78 is 4.08. The Kier molecular flexibility index (Phi) is 4.38. The predicted octanol–water partition coefficient (Wildman–Crippen LogP) is 1.31. The summed E-state index contributed by atoms with van der Waals surface area (Å²) >= 11 is 8.99. The van der Waals surface area contributed by atoms with Gasteiger partial charge in [-0.3, -0.25) is 14.2 Å². The van der Waals surface area contributed by atoms with Crippen molar-refractivity contribution in [1.82, 2.24) is 24.9 Å². The minimum absolute atomic E-state index is 0.0937. The maximum atomic E-state index is 11.6. The Morgan fingerprint density at radius 1 is 1.33 bits per heavy atom. The topological polar surface area (TPSA) is 64.7 Å². The number of amides is 1. The summed E-state index contributed by atoms with van der Waals surface area (Å²) in [6, 6.07) is 0. The maximum Gasteiger partial charge on any atom is 0.241 e. The summed E-state index contributed by atoms with van der Waals surface area (Å²) in [4.78, 5) is 11.6. The summed E-state index contributed by atoms with van der Waals surface area (Å²) in [6.45, 7) is 1.28. The number of halogens is 2. The van der Waals surface area contributed by atoms with Gasteiger partial charge in [0, 0.05) is 18.9 Å². The number of hydrogen-bond acceptors (Lipinski definition) is 3. The molecular weight excluding hydrogens is 322 g/mol. The molecule has 0 spiro atoms. The number of carbonyl (C=O) groups excluding carboxylic acids is 1. The van der Waals surface area contributed by atoms with Crippen LogP contribution in [0.4, 0.5) is 0 Å². The average Bonchev–Trinajstić information content (AvgIpc) is 2.88. The maximum absolute atomic E-state index is 11.6. The number of rotatable bonds is 5. The van der Waals surface area contributed by atoms with Gasteiger partial charge in [-0.2, -0.15) is 10.2 Å². The molecule has 1 N–H and O–H groups in total. The van der Waals surface area contributed by atoms with Crippen molar-refractivity contribution in [2.75, 3.05) is 6.54 Å². The van der Waals surface area contributed by atoms with Gasteiger partial charge in [-0.05, 0) is 15.9 Å². The average molecular weight is 333 g/mol. The van der Waals surface area contributed by atoms with Gasteiger partial charge >= 0.3 is 0 Å². The largest absolute Gasteiger partial charge is 0.353 e. The van der Waals surface area contributed by atoms with Crippen molar-refractivity contribution in [3.05, 3.63) is 34.3 Å². The predicted molar refractivity (Wildman–Crippen MR) is 70.2 cm³/mol. The lowest BCUT2D eigenvalue weighted by molar-refractivity contribution is -0.121. The SMILES string of the molecule is O=C(Cn1cc(Br)cn1)NCCn1cc(Cl)cn1. The van der Waals surface area contributed by atoms with Crippen LogP contribution in [-0.4, -0.2) is 32.0 Å². The van der Waals surface area contributed by atoms with Gasteiger partial charge in [-0.1, -0.05) is 11.6 Å². The summed E-state index contributed by atoms with van der Waals surface area (Å²) in [6.07, 6.45) is 6.65. The molecule has 0 aromatic carbocycles. The smallest absolute Gasteiger partial charge is 0.241 e. The zero-order chi connectivity index (χ0) is 13.0. The van der Waals surface area contributed by atoms with Gasteiger partial charge in [0.25, 0.3) is 0 Å². The molecule has 0 saturated carbocycles. The highest BCUT2D eigenvalue weighted by Crippen LogP contribution is 2.05. The Morgan fingerprint density at radius 2 is 2.11 bits per heavy atom. The van der Waals surface area contributed by atoms with Crippen LogP contribution in [0.2, 0.25) is 5.02 Å². The van der Waals surface area contributed by atoms with Crippen LogP contribution in [0.25, 0.3) is 0 Å². The molecule has 1 amide bonds. The first kappa shape index (κ1) is 13.1. The van der Waals surface area contributed by atoms with E-state index in [1.165, 1.54) is 0 Å². The van der Waals surface area contributed by atoms with E-state index in [0.717, 1.165) is 4.47 Å². The molecule has 0 aliphatic carbocycles. The number of hydrogen-bond donors (Lipinski definition) is 1. The van der Waals surface area contributed by atoms with Crippen LogP contribution in [0, 0.1) is 0 Å². The zero-order valence-corrected chi connectivity index (χ0v) is 11.7. The Bertz CT molecular complexity index is 538. The van der Waals surface area contributed by atoms with Crippen molar-refractivity contribution < 1.29 is 4.79 Å². The Labute approximate surface area is 117 Å². The van der Waals surface area contributed by atoms with E-state index in [-0.39, 0.29) is 12.5 Å². The van der Waals surface area contributed by atoms with Crippen molar-refractivity contribution in [3.63, 3.8) is 0 Å². The van der Waals surface area contributed by atoms with E-state index in [1.807, 2.05) is 0 Å². The molecule has 0 saturated heterocycles. The van der Waals surface area contributed by atoms with Crippen LogP contribution in [0.5, 0.6) is 0 Å². The van der Waals surface area contributed by atoms with E-state index >= 15 is 0 Å². The zero-order valence-electron chi connectivity index (χ0n) is 9.38. The molecule has 0 aliphatic heterocycles. The van der Waals surface area contributed by atoms with Gasteiger partial charge in [-0.25, -0.2) is 0 Å². The number of nitrogens with zero attached hydrogens (tertiary/aromatic N) is 4. The fourth-order valence-corrected chi connectivity index (χ4v) is 1.88. The van der Waals surface area contributed by atoms with Crippen LogP contribution < -0.4 is 5.32 Å². The van der Waals surface area contributed by atoms with Crippen molar-refractivity contribution in [3.8, 4) is 0 Å². The van der Waals surface area contributed by atoms with Crippen LogP contribution in [0.1, 0.15) is 0 Å². The monoisotopic (exact) mass is 331 g/mol. The summed E-state index contributed by atoms with van der Waals surface area (Å²) in [5, 5.41) is 11.4. The number of aromatic nitrogens is 4. The molecule has 0 atom stereocenters. The molecule has 2 aromatic rings. The first-order valence-corrected chi connectivity index (χ1v) is 6.43. The van der Waals surface area contributed by atoms with Crippen LogP contribution in [-0.2, 0) is 17.9 Å². The molecule has 0 fully saturated rings. The van der Waals surface area contributed by atoms with E-state index in [1.54, 1.807) is 34.2 Å². The third kappa shape index (κ3) is 3.85. The Morgan fingerprint density at radius 3 is 2.72 bits per heavy atom. The highest BCUT2D eigenvalue weighted by Gasteiger charge is 2.03. The minimum atomic E-state index is -0.0937. The molecule has 0 unspecified atom stereocenters. The Balaban J connectivity index is 1.72. The van der Waals surface area contributed by atoms with E-state index in [4.69, 9.17) is 11.6 Å². The quantitative estimate of drug-likeness (QED) is 0.898. The molecule has 2 rings (SSSR count). The molecule has 18 heavy (non-hydrogen) atoms. The van der Waals surface area contributed by atoms with Gasteiger partial charge in [0.15, 0.2) is 0 Å². The molecule has 0 bridgehead atoms. The third-order valence-electron chi connectivity index (χ3n) is 2.17. The standard InChI is InChI=1S/C10H11BrClN5O/c11-8-3-14-17(5-8)7-10(18)13-1-2-16-6-9(12)4-15-16/h3-6H,1-2,7H2,(H,13,18). The van der Waals surface area contributed by atoms with Crippen LogP contribution in [0.3, 0.4) is 0 Å². The lowest BCUT2D eigenvalue weighted by Gasteiger charge is -2.05. The first-order chi connectivity index (χ1) is 8.63. The van der Waals surface area contributed by atoms with Crippen LogP contribution in [0.15, 0.2) is 29.3 Å². The normalized spacial score (nSPS) is 10.6. The van der Waals surface area contributed by atoms with Gasteiger partial charge in [-0.15, -0.1) is 0 Å². The van der Waals surface area contributed by atoms with Gasteiger partial charge < -0.3 is 5.32 Å². The van der Waals surface area contributed by atoms with E-state index in [9.17, 15) is 4.79 Å². The van der Waals surface area contributed by atoms with Crippen molar-refractivity contribution in [2.24, 2.45) is 0 Å². The summed E-state index contributed by atoms with van der Waals surface area (Å²) in [5.41, 5.74) is 0. The summed E-state index contributed by atoms with van der Waals surface area (Å²) in [5.74, 6) is -0.0937. The fourth-order valence-electron chi connectivity index (χ4n) is 1.40. The van der Waals surface area contributed by atoms with E-state index < -0.39 is 0 Å². The van der Waals surface area contributed by atoms with Crippen molar-refractivity contribution >= 4 is 33.4 Å². The highest BCUT2D eigenvalue weighted by molar-refractivity contribution is 9.10. The molecular formula is C10H11BrClN5O. The van der Waals surface area contributed by atoms with E-state index in [2.05, 4.69) is 31.4 Å². The van der Waals surface area contributed by atoms with E-state index in [0.29, 0.717) is 18.1 Å². The first-order valence-electron chi connectivity index (χ1n) is 5.26. The Hall–Kier alpha value is -1.34. The van der Waals surface area contributed by atoms with Gasteiger partial charge in [0.1, 0.15) is 6.54 Å². The van der Waals surface area contributed by atoms with Crippen molar-refractivity contribution in [1.29, 1.82) is 0 Å². The molecule has 8 heteroatoms. The van der Waals surface area contributed by atoms with Crippen molar-refractivity contribution in [2.45, 2.75) is 13.1 Å². The number of nitrogens with one attached hydrogen (secondary N) is 1. The highest BCUT2D eigenvalue weighted by atomic mass is 79.9. The fraction of sp³-hybridized carbons (Fsp3) is 0.300. The van der Waals surface area contributed by atoms with Gasteiger partial charge in [0.2, 0.25) is 5.91 Å². The second kappa shape index (κ2) is 6.01. The molecule has 0 radical (unpaired) electrons. The molecule has 0 aliphatic rings. The second-order valence-electron chi connectivity index (χ2n) is 3.63. The number of carbonyl (C=O) groups is 1. The van der Waals surface area contributed by atoms with Gasteiger partial charge in [0.05, 0.1) is 28.4 Å². The molecule has 96 valence electrons. The lowest BCUT2D eigenvalue weighted by atomic mass is 10.5. The summed E-state index contributed by atoms with van der Waals surface area (Å²) in [7, 11) is 0. The lowest BCUT2D eigenvalue weighted by Crippen LogP contribution is -2.30. The minimum Gasteiger partial charge on any atom is -0.353 e. The van der Waals surface area contributed by atoms with Crippen LogP contribution >= 0.6 is 27.5 Å². The third-order valence-corrected chi connectivity index (χ3v) is 2.78. The molecule has 2 heterocycles.